The topological polar surface area (TPSA) is 98.5 Å². The molecule has 0 unspecified atom stereocenters. The molecule has 1 aliphatic rings. The van der Waals surface area contributed by atoms with Gasteiger partial charge in [-0.2, -0.15) is 0 Å². The highest BCUT2D eigenvalue weighted by molar-refractivity contribution is 6.22. The molecule has 0 radical (unpaired) electrons. The van der Waals surface area contributed by atoms with Crippen LogP contribution >= 0.6 is 0 Å². The number of nitrogens with one attached hydrogen (secondary N) is 1. The first-order valence-electron chi connectivity index (χ1n) is 6.41. The largest absolute Gasteiger partial charge is 0.488 e. The van der Waals surface area contributed by atoms with Gasteiger partial charge in [0.25, 0.3) is 17.5 Å². The number of carbonyl (C=O) groups excluding carboxylic acids is 2. The van der Waals surface area contributed by atoms with Crippen molar-refractivity contribution in [2.24, 2.45) is 0 Å². The number of ether oxygens (including phenoxy) is 1. The lowest BCUT2D eigenvalue weighted by Gasteiger charge is -2.08. The van der Waals surface area contributed by atoms with Crippen molar-refractivity contribution in [2.75, 3.05) is 0 Å². The summed E-state index contributed by atoms with van der Waals surface area (Å²) in [5.74, 6) is -0.626. The lowest BCUT2D eigenvalue weighted by atomic mass is 10.1. The van der Waals surface area contributed by atoms with E-state index in [1.165, 1.54) is 12.1 Å². The van der Waals surface area contributed by atoms with Crippen LogP contribution < -0.4 is 10.1 Å². The fourth-order valence-electron chi connectivity index (χ4n) is 2.18. The molecule has 1 aliphatic heterocycles. The van der Waals surface area contributed by atoms with Crippen LogP contribution in [0.2, 0.25) is 0 Å². The number of fused-ring (bicyclic) bond motifs is 1. The summed E-state index contributed by atoms with van der Waals surface area (Å²) in [6.45, 7) is 0.135. The SMILES string of the molecule is O=C1NC(=O)c2c(OCc3ccc([N+](=O)[O-])cc3)cccc21. The summed E-state index contributed by atoms with van der Waals surface area (Å²) in [6, 6.07) is 10.7. The molecule has 0 aliphatic carbocycles. The molecule has 2 aromatic rings. The second-order valence-corrected chi connectivity index (χ2v) is 4.67. The predicted molar refractivity (Wildman–Crippen MR) is 75.7 cm³/mol. The monoisotopic (exact) mass is 298 g/mol. The molecule has 110 valence electrons. The maximum Gasteiger partial charge on any atom is 0.269 e. The predicted octanol–water partition coefficient (Wildman–Crippen LogP) is 2.06. The van der Waals surface area contributed by atoms with Crippen LogP contribution in [-0.2, 0) is 6.61 Å². The molecule has 22 heavy (non-hydrogen) atoms. The van der Waals surface area contributed by atoms with Crippen LogP contribution in [0.25, 0.3) is 0 Å². The fourth-order valence-corrected chi connectivity index (χ4v) is 2.18. The number of rotatable bonds is 4. The minimum atomic E-state index is -0.487. The van der Waals surface area contributed by atoms with Crippen LogP contribution in [0.3, 0.4) is 0 Å². The Morgan fingerprint density at radius 1 is 1.05 bits per heavy atom. The van der Waals surface area contributed by atoms with Gasteiger partial charge in [-0.3, -0.25) is 25.0 Å². The van der Waals surface area contributed by atoms with Crippen molar-refractivity contribution < 1.29 is 19.2 Å². The average molecular weight is 298 g/mol. The summed E-state index contributed by atoms with van der Waals surface area (Å²) in [5.41, 5.74) is 1.21. The van der Waals surface area contributed by atoms with E-state index in [9.17, 15) is 19.7 Å². The Morgan fingerprint density at radius 2 is 1.77 bits per heavy atom. The van der Waals surface area contributed by atoms with Gasteiger partial charge in [-0.05, 0) is 29.8 Å². The number of carbonyl (C=O) groups is 2. The number of amides is 2. The van der Waals surface area contributed by atoms with E-state index >= 15 is 0 Å². The summed E-state index contributed by atoms with van der Waals surface area (Å²) in [5, 5.41) is 12.8. The Morgan fingerprint density at radius 3 is 2.45 bits per heavy atom. The summed E-state index contributed by atoms with van der Waals surface area (Å²) in [4.78, 5) is 33.4. The summed E-state index contributed by atoms with van der Waals surface area (Å²) < 4.78 is 5.57. The second kappa shape index (κ2) is 5.28. The molecule has 0 aromatic heterocycles. The number of nitro benzene ring substituents is 1. The van der Waals surface area contributed by atoms with Crippen molar-refractivity contribution in [3.8, 4) is 5.75 Å². The van der Waals surface area contributed by atoms with E-state index in [2.05, 4.69) is 5.32 Å². The van der Waals surface area contributed by atoms with Crippen LogP contribution in [-0.4, -0.2) is 16.7 Å². The molecule has 1 heterocycles. The van der Waals surface area contributed by atoms with Crippen LogP contribution in [0, 0.1) is 10.1 Å². The van der Waals surface area contributed by atoms with E-state index in [1.807, 2.05) is 0 Å². The van der Waals surface area contributed by atoms with Crippen molar-refractivity contribution >= 4 is 17.5 Å². The minimum Gasteiger partial charge on any atom is -0.488 e. The van der Waals surface area contributed by atoms with E-state index < -0.39 is 16.7 Å². The molecule has 1 N–H and O–H groups in total. The molecular weight excluding hydrogens is 288 g/mol. The van der Waals surface area contributed by atoms with Crippen molar-refractivity contribution in [1.82, 2.24) is 5.32 Å². The smallest absolute Gasteiger partial charge is 0.269 e. The lowest BCUT2D eigenvalue weighted by Crippen LogP contribution is -2.20. The Balaban J connectivity index is 1.79. The molecule has 0 saturated heterocycles. The first-order chi connectivity index (χ1) is 10.6. The zero-order valence-electron chi connectivity index (χ0n) is 11.2. The maximum atomic E-state index is 11.7. The van der Waals surface area contributed by atoms with Gasteiger partial charge in [-0.1, -0.05) is 6.07 Å². The summed E-state index contributed by atoms with van der Waals surface area (Å²) in [7, 11) is 0. The molecule has 0 bridgehead atoms. The molecule has 0 spiro atoms. The van der Waals surface area contributed by atoms with Gasteiger partial charge in [0.1, 0.15) is 12.4 Å². The van der Waals surface area contributed by atoms with E-state index in [1.54, 1.807) is 30.3 Å². The van der Waals surface area contributed by atoms with Crippen molar-refractivity contribution in [2.45, 2.75) is 6.61 Å². The minimum absolute atomic E-state index is 0.00525. The van der Waals surface area contributed by atoms with Crippen molar-refractivity contribution in [1.29, 1.82) is 0 Å². The Hall–Kier alpha value is -3.22. The standard InChI is InChI=1S/C15H10N2O5/c18-14-11-2-1-3-12(13(11)15(19)16-14)22-8-9-4-6-10(7-5-9)17(20)21/h1-7H,8H2,(H,16,18,19). The molecule has 2 amide bonds. The first kappa shape index (κ1) is 13.7. The van der Waals surface area contributed by atoms with Crippen molar-refractivity contribution in [3.05, 3.63) is 69.3 Å². The van der Waals surface area contributed by atoms with E-state index in [-0.39, 0.29) is 23.4 Å². The molecular formula is C15H10N2O5. The van der Waals surface area contributed by atoms with Gasteiger partial charge in [0.2, 0.25) is 0 Å². The van der Waals surface area contributed by atoms with Gasteiger partial charge < -0.3 is 4.74 Å². The van der Waals surface area contributed by atoms with E-state index in [0.717, 1.165) is 0 Å². The highest BCUT2D eigenvalue weighted by Crippen LogP contribution is 2.27. The van der Waals surface area contributed by atoms with Gasteiger partial charge in [0, 0.05) is 12.1 Å². The normalized spacial score (nSPS) is 12.7. The number of nitrogens with zero attached hydrogens (tertiary/aromatic N) is 1. The quantitative estimate of drug-likeness (QED) is 0.529. The highest BCUT2D eigenvalue weighted by atomic mass is 16.6. The number of benzene rings is 2. The fraction of sp³-hybridized carbons (Fsp3) is 0.0667. The molecule has 2 aromatic carbocycles. The van der Waals surface area contributed by atoms with Crippen LogP contribution in [0.15, 0.2) is 42.5 Å². The molecule has 7 heteroatoms. The highest BCUT2D eigenvalue weighted by Gasteiger charge is 2.30. The van der Waals surface area contributed by atoms with Crippen LogP contribution in [0.1, 0.15) is 26.3 Å². The summed E-state index contributed by atoms with van der Waals surface area (Å²) in [6.07, 6.45) is 0. The molecule has 3 rings (SSSR count). The van der Waals surface area contributed by atoms with Crippen LogP contribution in [0.4, 0.5) is 5.69 Å². The van der Waals surface area contributed by atoms with Gasteiger partial charge in [-0.25, -0.2) is 0 Å². The second-order valence-electron chi connectivity index (χ2n) is 4.67. The number of hydrogen-bond acceptors (Lipinski definition) is 5. The molecule has 0 fully saturated rings. The molecule has 0 saturated carbocycles. The number of imide groups is 1. The first-order valence-corrected chi connectivity index (χ1v) is 6.41. The number of non-ortho nitro benzene ring substituents is 1. The zero-order valence-corrected chi connectivity index (χ0v) is 11.2. The van der Waals surface area contributed by atoms with E-state index in [4.69, 9.17) is 4.74 Å². The van der Waals surface area contributed by atoms with Gasteiger partial charge >= 0.3 is 0 Å². The lowest BCUT2D eigenvalue weighted by molar-refractivity contribution is -0.384. The molecule has 7 nitrogen and oxygen atoms in total. The Labute approximate surface area is 124 Å². The molecule has 0 atom stereocenters. The Bertz CT molecular complexity index is 783. The van der Waals surface area contributed by atoms with Gasteiger partial charge in [0.15, 0.2) is 0 Å². The zero-order chi connectivity index (χ0) is 15.7. The number of hydrogen-bond donors (Lipinski definition) is 1. The third kappa shape index (κ3) is 2.39. The third-order valence-corrected chi connectivity index (χ3v) is 3.27. The van der Waals surface area contributed by atoms with Gasteiger partial charge in [-0.15, -0.1) is 0 Å². The van der Waals surface area contributed by atoms with Gasteiger partial charge in [0.05, 0.1) is 16.1 Å². The van der Waals surface area contributed by atoms with E-state index in [0.29, 0.717) is 11.3 Å². The average Bonchev–Trinajstić information content (AvgIpc) is 2.81. The summed E-state index contributed by atoms with van der Waals surface area (Å²) >= 11 is 0. The Kier molecular flexibility index (Phi) is 3.30. The van der Waals surface area contributed by atoms with Crippen LogP contribution in [0.5, 0.6) is 5.75 Å². The number of nitro groups is 1. The van der Waals surface area contributed by atoms with Crippen molar-refractivity contribution in [3.63, 3.8) is 0 Å². The maximum absolute atomic E-state index is 11.7. The third-order valence-electron chi connectivity index (χ3n) is 3.27.